The van der Waals surface area contributed by atoms with E-state index in [0.717, 1.165) is 17.7 Å². The summed E-state index contributed by atoms with van der Waals surface area (Å²) in [6, 6.07) is 4.78. The van der Waals surface area contributed by atoms with Crippen molar-refractivity contribution in [2.24, 2.45) is 0 Å². The summed E-state index contributed by atoms with van der Waals surface area (Å²) >= 11 is 0. The summed E-state index contributed by atoms with van der Waals surface area (Å²) in [5.41, 5.74) is 1.29. The van der Waals surface area contributed by atoms with Crippen molar-refractivity contribution in [1.29, 1.82) is 0 Å². The molecule has 4 N–H and O–H groups in total. The average molecular weight is 318 g/mol. The number of aryl methyl sites for hydroxylation is 1. The average Bonchev–Trinajstić information content (AvgIpc) is 2.46. The minimum Gasteiger partial charge on any atom is -0.478 e. The Morgan fingerprint density at radius 1 is 0.826 bits per heavy atom. The molecule has 0 fully saturated rings. The largest absolute Gasteiger partial charge is 0.478 e. The Bertz CT molecular complexity index is 706. The third-order valence-electron chi connectivity index (χ3n) is 2.45. The quantitative estimate of drug-likeness (QED) is 0.582. The standard InChI is InChI=1S/C15H14N2O6/c1-9-2-3-10(16-12(18)4-6-14(20)21)11(8-9)17-13(19)5-7-15(22)23/h2-8H,1H3,(H,16,18)(H,17,19)(H,20,21)(H,22,23)/b6-4-,7-5-. The molecule has 0 aliphatic carbocycles. The molecule has 0 aliphatic heterocycles. The number of benzene rings is 1. The predicted octanol–water partition coefficient (Wildman–Crippen LogP) is 1.15. The lowest BCUT2D eigenvalue weighted by atomic mass is 10.2. The van der Waals surface area contributed by atoms with Crippen LogP contribution in [0.5, 0.6) is 0 Å². The van der Waals surface area contributed by atoms with Gasteiger partial charge in [0.1, 0.15) is 0 Å². The van der Waals surface area contributed by atoms with Crippen LogP contribution in [0.15, 0.2) is 42.5 Å². The third kappa shape index (κ3) is 6.71. The molecule has 0 atom stereocenters. The fourth-order valence-corrected chi connectivity index (χ4v) is 1.51. The normalized spacial score (nSPS) is 10.7. The van der Waals surface area contributed by atoms with Crippen LogP contribution in [-0.4, -0.2) is 34.0 Å². The molecule has 0 unspecified atom stereocenters. The number of nitrogens with one attached hydrogen (secondary N) is 2. The molecule has 0 aliphatic rings. The molecule has 0 radical (unpaired) electrons. The van der Waals surface area contributed by atoms with Crippen LogP contribution in [0.2, 0.25) is 0 Å². The van der Waals surface area contributed by atoms with E-state index in [4.69, 9.17) is 10.2 Å². The zero-order valence-electron chi connectivity index (χ0n) is 12.1. The highest BCUT2D eigenvalue weighted by Gasteiger charge is 2.08. The lowest BCUT2D eigenvalue weighted by molar-refractivity contribution is -0.132. The molecule has 8 nitrogen and oxygen atoms in total. The lowest BCUT2D eigenvalue weighted by Gasteiger charge is -2.11. The molecule has 23 heavy (non-hydrogen) atoms. The fourth-order valence-electron chi connectivity index (χ4n) is 1.51. The van der Waals surface area contributed by atoms with E-state index in [1.54, 1.807) is 19.1 Å². The Kier molecular flexibility index (Phi) is 6.23. The van der Waals surface area contributed by atoms with Gasteiger partial charge in [-0.15, -0.1) is 0 Å². The summed E-state index contributed by atoms with van der Waals surface area (Å²) in [6.07, 6.45) is 3.02. The number of rotatable bonds is 6. The number of anilines is 2. The third-order valence-corrected chi connectivity index (χ3v) is 2.45. The summed E-state index contributed by atoms with van der Waals surface area (Å²) in [5.74, 6) is -3.91. The van der Waals surface area contributed by atoms with E-state index in [9.17, 15) is 19.2 Å². The van der Waals surface area contributed by atoms with Gasteiger partial charge in [0, 0.05) is 24.3 Å². The van der Waals surface area contributed by atoms with Crippen LogP contribution in [0, 0.1) is 6.92 Å². The van der Waals surface area contributed by atoms with Crippen LogP contribution in [-0.2, 0) is 19.2 Å². The maximum Gasteiger partial charge on any atom is 0.328 e. The highest BCUT2D eigenvalue weighted by atomic mass is 16.4. The van der Waals surface area contributed by atoms with Crippen molar-refractivity contribution in [1.82, 2.24) is 0 Å². The molecule has 0 bridgehead atoms. The van der Waals surface area contributed by atoms with Crippen molar-refractivity contribution in [2.45, 2.75) is 6.92 Å². The van der Waals surface area contributed by atoms with E-state index in [-0.39, 0.29) is 11.4 Å². The van der Waals surface area contributed by atoms with Crippen LogP contribution in [0.4, 0.5) is 11.4 Å². The SMILES string of the molecule is Cc1ccc(NC(=O)/C=C\C(=O)O)c(NC(=O)/C=C\C(=O)O)c1. The maximum atomic E-state index is 11.6. The second-order valence-electron chi connectivity index (χ2n) is 4.37. The second-order valence-corrected chi connectivity index (χ2v) is 4.37. The van der Waals surface area contributed by atoms with Gasteiger partial charge < -0.3 is 20.8 Å². The highest BCUT2D eigenvalue weighted by molar-refractivity contribution is 6.08. The van der Waals surface area contributed by atoms with E-state index in [2.05, 4.69) is 10.6 Å². The van der Waals surface area contributed by atoms with E-state index in [0.29, 0.717) is 12.2 Å². The number of carboxylic acids is 2. The monoisotopic (exact) mass is 318 g/mol. The Hall–Kier alpha value is -3.42. The molecule has 0 spiro atoms. The Morgan fingerprint density at radius 2 is 1.30 bits per heavy atom. The van der Waals surface area contributed by atoms with Crippen LogP contribution in [0.3, 0.4) is 0 Å². The number of carbonyl (C=O) groups excluding carboxylic acids is 2. The first-order valence-electron chi connectivity index (χ1n) is 6.32. The fraction of sp³-hybridized carbons (Fsp3) is 0.0667. The summed E-state index contributed by atoms with van der Waals surface area (Å²) in [5, 5.41) is 21.8. The van der Waals surface area contributed by atoms with Crippen molar-refractivity contribution in [2.75, 3.05) is 10.6 Å². The molecule has 8 heteroatoms. The summed E-state index contributed by atoms with van der Waals surface area (Å²) in [4.78, 5) is 43.9. The van der Waals surface area contributed by atoms with Crippen molar-refractivity contribution in [3.8, 4) is 0 Å². The maximum absolute atomic E-state index is 11.6. The number of carboxylic acid groups (broad SMARTS) is 2. The highest BCUT2D eigenvalue weighted by Crippen LogP contribution is 2.23. The molecular formula is C15H14N2O6. The molecule has 0 heterocycles. The topological polar surface area (TPSA) is 133 Å². The summed E-state index contributed by atoms with van der Waals surface area (Å²) in [7, 11) is 0. The van der Waals surface area contributed by atoms with Gasteiger partial charge in [0.25, 0.3) is 0 Å². The lowest BCUT2D eigenvalue weighted by Crippen LogP contribution is -2.14. The van der Waals surface area contributed by atoms with Crippen molar-refractivity contribution >= 4 is 35.1 Å². The van der Waals surface area contributed by atoms with Crippen LogP contribution in [0.25, 0.3) is 0 Å². The number of aliphatic carboxylic acids is 2. The van der Waals surface area contributed by atoms with Gasteiger partial charge in [0.2, 0.25) is 11.8 Å². The first-order chi connectivity index (χ1) is 10.8. The van der Waals surface area contributed by atoms with E-state index >= 15 is 0 Å². The Labute approximate surface area is 131 Å². The zero-order chi connectivity index (χ0) is 17.4. The summed E-state index contributed by atoms with van der Waals surface area (Å²) in [6.45, 7) is 1.76. The molecule has 120 valence electrons. The molecule has 0 saturated heterocycles. The molecule has 1 aromatic rings. The number of hydrogen-bond acceptors (Lipinski definition) is 4. The minimum atomic E-state index is -1.27. The van der Waals surface area contributed by atoms with Gasteiger partial charge in [-0.3, -0.25) is 9.59 Å². The van der Waals surface area contributed by atoms with Gasteiger partial charge in [0.15, 0.2) is 0 Å². The minimum absolute atomic E-state index is 0.243. The summed E-state index contributed by atoms with van der Waals surface area (Å²) < 4.78 is 0. The number of carbonyl (C=O) groups is 4. The smallest absolute Gasteiger partial charge is 0.328 e. The van der Waals surface area contributed by atoms with Crippen molar-refractivity contribution in [3.05, 3.63) is 48.1 Å². The van der Waals surface area contributed by atoms with Crippen LogP contribution < -0.4 is 10.6 Å². The Morgan fingerprint density at radius 3 is 1.78 bits per heavy atom. The van der Waals surface area contributed by atoms with Crippen LogP contribution in [0.1, 0.15) is 5.56 Å². The number of amides is 2. The van der Waals surface area contributed by atoms with Gasteiger partial charge in [-0.05, 0) is 24.6 Å². The van der Waals surface area contributed by atoms with Crippen molar-refractivity contribution < 1.29 is 29.4 Å². The van der Waals surface area contributed by atoms with Gasteiger partial charge in [-0.1, -0.05) is 6.07 Å². The van der Waals surface area contributed by atoms with E-state index in [1.807, 2.05) is 0 Å². The van der Waals surface area contributed by atoms with E-state index < -0.39 is 23.8 Å². The van der Waals surface area contributed by atoms with Gasteiger partial charge in [0.05, 0.1) is 11.4 Å². The molecule has 1 rings (SSSR count). The zero-order valence-corrected chi connectivity index (χ0v) is 12.1. The Balaban J connectivity index is 2.92. The van der Waals surface area contributed by atoms with Gasteiger partial charge in [-0.25, -0.2) is 9.59 Å². The van der Waals surface area contributed by atoms with Gasteiger partial charge >= 0.3 is 11.9 Å². The number of hydrogen-bond donors (Lipinski definition) is 4. The molecule has 0 saturated carbocycles. The molecule has 2 amide bonds. The van der Waals surface area contributed by atoms with E-state index in [1.165, 1.54) is 6.07 Å². The molecular weight excluding hydrogens is 304 g/mol. The predicted molar refractivity (Wildman–Crippen MR) is 82.0 cm³/mol. The van der Waals surface area contributed by atoms with Crippen molar-refractivity contribution in [3.63, 3.8) is 0 Å². The van der Waals surface area contributed by atoms with Gasteiger partial charge in [-0.2, -0.15) is 0 Å². The van der Waals surface area contributed by atoms with Crippen LogP contribution >= 0.6 is 0 Å². The molecule has 1 aromatic carbocycles. The molecule has 0 aromatic heterocycles. The first-order valence-corrected chi connectivity index (χ1v) is 6.32. The second kappa shape index (κ2) is 8.13. The first kappa shape index (κ1) is 17.6.